The van der Waals surface area contributed by atoms with Crippen LogP contribution in [0.4, 0.5) is 0 Å². The SMILES string of the molecule is CC(C)(N)Cc1ccccc1.CN(C)C(=N)N=C(N)N. The van der Waals surface area contributed by atoms with Crippen molar-refractivity contribution in [1.29, 1.82) is 5.41 Å². The first-order valence-corrected chi connectivity index (χ1v) is 6.30. The fourth-order valence-electron chi connectivity index (χ4n) is 1.34. The molecule has 0 atom stereocenters. The maximum atomic E-state index is 7.05. The van der Waals surface area contributed by atoms with E-state index >= 15 is 0 Å². The number of nitrogens with zero attached hydrogens (tertiary/aromatic N) is 2. The Morgan fingerprint density at radius 1 is 1.20 bits per heavy atom. The van der Waals surface area contributed by atoms with Gasteiger partial charge < -0.3 is 22.1 Å². The Morgan fingerprint density at radius 3 is 2.00 bits per heavy atom. The van der Waals surface area contributed by atoms with Crippen LogP contribution in [0.25, 0.3) is 0 Å². The van der Waals surface area contributed by atoms with Gasteiger partial charge in [-0.15, -0.1) is 0 Å². The summed E-state index contributed by atoms with van der Waals surface area (Å²) in [4.78, 5) is 4.96. The van der Waals surface area contributed by atoms with E-state index in [9.17, 15) is 0 Å². The van der Waals surface area contributed by atoms with Crippen molar-refractivity contribution in [3.8, 4) is 0 Å². The predicted molar refractivity (Wildman–Crippen MR) is 85.6 cm³/mol. The molecule has 0 saturated carbocycles. The topological polar surface area (TPSA) is 118 Å². The van der Waals surface area contributed by atoms with E-state index in [0.717, 1.165) is 6.42 Å². The van der Waals surface area contributed by atoms with Crippen LogP contribution in [-0.4, -0.2) is 36.5 Å². The monoisotopic (exact) mass is 278 g/mol. The van der Waals surface area contributed by atoms with Crippen molar-refractivity contribution in [3.05, 3.63) is 35.9 Å². The lowest BCUT2D eigenvalue weighted by Gasteiger charge is -2.17. The molecule has 0 fully saturated rings. The Labute approximate surface area is 121 Å². The highest BCUT2D eigenvalue weighted by Gasteiger charge is 2.10. The number of guanidine groups is 2. The van der Waals surface area contributed by atoms with Gasteiger partial charge in [0.1, 0.15) is 0 Å². The van der Waals surface area contributed by atoms with Gasteiger partial charge in [-0.2, -0.15) is 4.99 Å². The third kappa shape index (κ3) is 9.90. The summed E-state index contributed by atoms with van der Waals surface area (Å²) in [5, 5.41) is 7.05. The lowest BCUT2D eigenvalue weighted by atomic mass is 9.96. The first-order chi connectivity index (χ1) is 9.11. The summed E-state index contributed by atoms with van der Waals surface area (Å²) in [5.41, 5.74) is 17.1. The van der Waals surface area contributed by atoms with E-state index in [2.05, 4.69) is 17.1 Å². The van der Waals surface area contributed by atoms with Gasteiger partial charge >= 0.3 is 0 Å². The summed E-state index contributed by atoms with van der Waals surface area (Å²) in [6, 6.07) is 10.3. The maximum Gasteiger partial charge on any atom is 0.220 e. The summed E-state index contributed by atoms with van der Waals surface area (Å²) in [6.07, 6.45) is 0.938. The van der Waals surface area contributed by atoms with Crippen molar-refractivity contribution in [2.45, 2.75) is 25.8 Å². The number of nitrogens with two attached hydrogens (primary N) is 3. The number of aliphatic imine (C=N–C) groups is 1. The Bertz CT molecular complexity index is 427. The van der Waals surface area contributed by atoms with Crippen LogP contribution in [0, 0.1) is 5.41 Å². The number of hydrogen-bond donors (Lipinski definition) is 4. The molecule has 0 spiro atoms. The number of rotatable bonds is 2. The Morgan fingerprint density at radius 2 is 1.70 bits per heavy atom. The summed E-state index contributed by atoms with van der Waals surface area (Å²) in [5.74, 6) is -0.0382. The average molecular weight is 278 g/mol. The van der Waals surface area contributed by atoms with Crippen molar-refractivity contribution in [2.24, 2.45) is 22.2 Å². The molecule has 1 aromatic rings. The van der Waals surface area contributed by atoms with E-state index in [1.807, 2.05) is 32.0 Å². The van der Waals surface area contributed by atoms with E-state index in [1.165, 1.54) is 10.5 Å². The summed E-state index contributed by atoms with van der Waals surface area (Å²) >= 11 is 0. The quantitative estimate of drug-likeness (QED) is 0.471. The van der Waals surface area contributed by atoms with Gasteiger partial charge in [0.25, 0.3) is 0 Å². The van der Waals surface area contributed by atoms with Crippen molar-refractivity contribution in [3.63, 3.8) is 0 Å². The molecule has 20 heavy (non-hydrogen) atoms. The molecule has 7 N–H and O–H groups in total. The van der Waals surface area contributed by atoms with Crippen molar-refractivity contribution in [2.75, 3.05) is 14.1 Å². The summed E-state index contributed by atoms with van der Waals surface area (Å²) in [6.45, 7) is 4.08. The van der Waals surface area contributed by atoms with Crippen molar-refractivity contribution >= 4 is 11.9 Å². The second-order valence-corrected chi connectivity index (χ2v) is 5.41. The Balaban J connectivity index is 0.000000370. The van der Waals surface area contributed by atoms with E-state index < -0.39 is 0 Å². The van der Waals surface area contributed by atoms with Gasteiger partial charge in [-0.05, 0) is 25.8 Å². The highest BCUT2D eigenvalue weighted by molar-refractivity contribution is 5.91. The van der Waals surface area contributed by atoms with Crippen LogP contribution < -0.4 is 17.2 Å². The van der Waals surface area contributed by atoms with E-state index in [-0.39, 0.29) is 17.5 Å². The highest BCUT2D eigenvalue weighted by atomic mass is 15.2. The first kappa shape index (κ1) is 17.9. The normalized spacial score (nSPS) is 10.1. The molecule has 0 aliphatic heterocycles. The maximum absolute atomic E-state index is 7.05. The number of nitrogens with one attached hydrogen (secondary N) is 1. The number of hydrogen-bond acceptors (Lipinski definition) is 2. The van der Waals surface area contributed by atoms with Crippen LogP contribution in [0.3, 0.4) is 0 Å². The third-order valence-electron chi connectivity index (χ3n) is 2.16. The molecule has 0 aromatic heterocycles. The standard InChI is InChI=1S/C10H15N.C4H11N5/c1-10(2,11)8-9-6-4-3-5-7-9;1-9(2)4(7)8-3(5)6/h3-7H,8,11H2,1-2H3;1-2H3,(H5,5,6,7,8). The fourth-order valence-corrected chi connectivity index (χ4v) is 1.34. The molecule has 0 aliphatic carbocycles. The number of benzene rings is 1. The van der Waals surface area contributed by atoms with Gasteiger partial charge in [-0.1, -0.05) is 30.3 Å². The first-order valence-electron chi connectivity index (χ1n) is 6.30. The molecule has 0 aliphatic rings. The molecule has 0 amide bonds. The van der Waals surface area contributed by atoms with Gasteiger partial charge in [-0.3, -0.25) is 5.41 Å². The van der Waals surface area contributed by atoms with Gasteiger partial charge in [0.05, 0.1) is 0 Å². The van der Waals surface area contributed by atoms with Gasteiger partial charge in [0, 0.05) is 19.6 Å². The molecule has 0 saturated heterocycles. The molecule has 0 heterocycles. The molecule has 1 rings (SSSR count). The Hall–Kier alpha value is -2.08. The Kier molecular flexibility index (Phi) is 7.31. The smallest absolute Gasteiger partial charge is 0.220 e. The van der Waals surface area contributed by atoms with Crippen molar-refractivity contribution < 1.29 is 0 Å². The van der Waals surface area contributed by atoms with Gasteiger partial charge in [0.2, 0.25) is 5.96 Å². The average Bonchev–Trinajstić information content (AvgIpc) is 2.27. The van der Waals surface area contributed by atoms with Crippen LogP contribution >= 0.6 is 0 Å². The molecule has 0 radical (unpaired) electrons. The van der Waals surface area contributed by atoms with Crippen LogP contribution in [0.2, 0.25) is 0 Å². The summed E-state index contributed by atoms with van der Waals surface area (Å²) in [7, 11) is 3.38. The van der Waals surface area contributed by atoms with Crippen LogP contribution in [0.5, 0.6) is 0 Å². The van der Waals surface area contributed by atoms with Gasteiger partial charge in [0.15, 0.2) is 5.96 Å². The molecular formula is C14H26N6. The van der Waals surface area contributed by atoms with Crippen LogP contribution in [0.1, 0.15) is 19.4 Å². The van der Waals surface area contributed by atoms with Crippen LogP contribution in [-0.2, 0) is 6.42 Å². The minimum absolute atomic E-state index is 0.0509. The summed E-state index contributed by atoms with van der Waals surface area (Å²) < 4.78 is 0. The largest absolute Gasteiger partial charge is 0.370 e. The van der Waals surface area contributed by atoms with E-state index in [1.54, 1.807) is 14.1 Å². The second-order valence-electron chi connectivity index (χ2n) is 5.41. The minimum atomic E-state index is -0.0959. The fraction of sp³-hybridized carbons (Fsp3) is 0.429. The second kappa shape index (κ2) is 8.16. The predicted octanol–water partition coefficient (Wildman–Crippen LogP) is 0.723. The molecule has 6 heteroatoms. The molecular weight excluding hydrogens is 252 g/mol. The zero-order valence-corrected chi connectivity index (χ0v) is 12.7. The zero-order valence-electron chi connectivity index (χ0n) is 12.7. The van der Waals surface area contributed by atoms with Gasteiger partial charge in [-0.25, -0.2) is 0 Å². The molecule has 1 aromatic carbocycles. The third-order valence-corrected chi connectivity index (χ3v) is 2.16. The van der Waals surface area contributed by atoms with E-state index in [0.29, 0.717) is 0 Å². The molecule has 112 valence electrons. The zero-order chi connectivity index (χ0) is 15.8. The van der Waals surface area contributed by atoms with Crippen molar-refractivity contribution in [1.82, 2.24) is 4.90 Å². The lowest BCUT2D eigenvalue weighted by molar-refractivity contribution is 0.517. The molecule has 6 nitrogen and oxygen atoms in total. The highest BCUT2D eigenvalue weighted by Crippen LogP contribution is 2.08. The van der Waals surface area contributed by atoms with Crippen LogP contribution in [0.15, 0.2) is 35.3 Å². The molecule has 0 bridgehead atoms. The lowest BCUT2D eigenvalue weighted by Crippen LogP contribution is -2.34. The minimum Gasteiger partial charge on any atom is -0.370 e. The van der Waals surface area contributed by atoms with E-state index in [4.69, 9.17) is 22.6 Å². The molecule has 0 unspecified atom stereocenters.